The van der Waals surface area contributed by atoms with Crippen LogP contribution in [0.3, 0.4) is 0 Å². The standard InChI is InChI=1S/C17H22N4/c1-4-8-17(9-5-1)13-18-10-11-21(17)16-15-7-3-2-6-14(15)12-19-20-16/h2-3,6-7,12,18H,1,4-5,8-11,13H2. The number of benzene rings is 1. The van der Waals surface area contributed by atoms with Gasteiger partial charge < -0.3 is 10.2 Å². The molecule has 0 bridgehead atoms. The molecule has 0 unspecified atom stereocenters. The molecule has 1 spiro atoms. The zero-order valence-electron chi connectivity index (χ0n) is 12.4. The van der Waals surface area contributed by atoms with E-state index in [1.807, 2.05) is 6.20 Å². The quantitative estimate of drug-likeness (QED) is 0.873. The van der Waals surface area contributed by atoms with Crippen molar-refractivity contribution < 1.29 is 0 Å². The van der Waals surface area contributed by atoms with E-state index in [0.717, 1.165) is 25.5 Å². The zero-order chi connectivity index (χ0) is 14.1. The molecule has 1 aromatic heterocycles. The normalized spacial score (nSPS) is 21.8. The lowest BCUT2D eigenvalue weighted by molar-refractivity contribution is 0.240. The third-order valence-electron chi connectivity index (χ3n) is 5.13. The van der Waals surface area contributed by atoms with Crippen LogP contribution in [-0.4, -0.2) is 35.4 Å². The van der Waals surface area contributed by atoms with Crippen LogP contribution in [0.1, 0.15) is 32.1 Å². The van der Waals surface area contributed by atoms with Gasteiger partial charge in [0.2, 0.25) is 0 Å². The molecule has 21 heavy (non-hydrogen) atoms. The molecular formula is C17H22N4. The highest BCUT2D eigenvalue weighted by atomic mass is 15.3. The molecule has 110 valence electrons. The average molecular weight is 282 g/mol. The number of hydrogen-bond donors (Lipinski definition) is 1. The second kappa shape index (κ2) is 5.26. The molecule has 1 N–H and O–H groups in total. The highest BCUT2D eigenvalue weighted by Gasteiger charge is 2.41. The van der Waals surface area contributed by atoms with Crippen LogP contribution in [0.15, 0.2) is 30.5 Å². The monoisotopic (exact) mass is 282 g/mol. The zero-order valence-corrected chi connectivity index (χ0v) is 12.4. The van der Waals surface area contributed by atoms with Gasteiger partial charge in [0.05, 0.1) is 11.7 Å². The molecule has 0 atom stereocenters. The van der Waals surface area contributed by atoms with Crippen LogP contribution in [-0.2, 0) is 0 Å². The molecule has 1 aliphatic carbocycles. The Hall–Kier alpha value is -1.68. The molecule has 0 radical (unpaired) electrons. The lowest BCUT2D eigenvalue weighted by atomic mass is 9.79. The van der Waals surface area contributed by atoms with E-state index in [-0.39, 0.29) is 5.54 Å². The highest BCUT2D eigenvalue weighted by molar-refractivity contribution is 5.91. The Labute approximate surface area is 125 Å². The van der Waals surface area contributed by atoms with Gasteiger partial charge in [0.25, 0.3) is 0 Å². The summed E-state index contributed by atoms with van der Waals surface area (Å²) in [5.41, 5.74) is 0.245. The van der Waals surface area contributed by atoms with Crippen molar-refractivity contribution in [1.29, 1.82) is 0 Å². The van der Waals surface area contributed by atoms with E-state index in [0.29, 0.717) is 0 Å². The summed E-state index contributed by atoms with van der Waals surface area (Å²) in [6.07, 6.45) is 8.44. The minimum absolute atomic E-state index is 0.245. The molecule has 4 rings (SSSR count). The third kappa shape index (κ3) is 2.18. The molecule has 2 fully saturated rings. The van der Waals surface area contributed by atoms with E-state index < -0.39 is 0 Å². The van der Waals surface area contributed by atoms with E-state index in [2.05, 4.69) is 44.7 Å². The summed E-state index contributed by atoms with van der Waals surface area (Å²) in [7, 11) is 0. The van der Waals surface area contributed by atoms with Crippen molar-refractivity contribution in [3.05, 3.63) is 30.5 Å². The van der Waals surface area contributed by atoms with Crippen molar-refractivity contribution in [3.63, 3.8) is 0 Å². The number of nitrogens with one attached hydrogen (secondary N) is 1. The van der Waals surface area contributed by atoms with Crippen LogP contribution in [0.5, 0.6) is 0 Å². The Balaban J connectivity index is 1.81. The van der Waals surface area contributed by atoms with Crippen LogP contribution in [0.2, 0.25) is 0 Å². The van der Waals surface area contributed by atoms with E-state index in [4.69, 9.17) is 0 Å². The Kier molecular flexibility index (Phi) is 3.26. The summed E-state index contributed by atoms with van der Waals surface area (Å²) in [5.74, 6) is 1.08. The summed E-state index contributed by atoms with van der Waals surface area (Å²) in [5, 5.41) is 14.8. The summed E-state index contributed by atoms with van der Waals surface area (Å²) in [4.78, 5) is 2.55. The average Bonchev–Trinajstić information content (AvgIpc) is 2.56. The maximum absolute atomic E-state index is 4.53. The Bertz CT molecular complexity index is 620. The van der Waals surface area contributed by atoms with Gasteiger partial charge in [0, 0.05) is 30.4 Å². The number of rotatable bonds is 1. The van der Waals surface area contributed by atoms with Crippen LogP contribution < -0.4 is 10.2 Å². The molecule has 1 aromatic carbocycles. The highest BCUT2D eigenvalue weighted by Crippen LogP contribution is 2.38. The van der Waals surface area contributed by atoms with Gasteiger partial charge in [-0.2, -0.15) is 5.10 Å². The van der Waals surface area contributed by atoms with Gasteiger partial charge in [0.1, 0.15) is 0 Å². The first kappa shape index (κ1) is 13.0. The number of anilines is 1. The predicted molar refractivity (Wildman–Crippen MR) is 85.6 cm³/mol. The minimum atomic E-state index is 0.245. The van der Waals surface area contributed by atoms with Crippen molar-refractivity contribution in [2.75, 3.05) is 24.5 Å². The molecule has 0 amide bonds. The molecule has 4 heteroatoms. The number of nitrogens with zero attached hydrogens (tertiary/aromatic N) is 3. The smallest absolute Gasteiger partial charge is 0.159 e. The SMILES string of the molecule is c1ccc2c(N3CCNCC34CCCCC4)nncc2c1. The van der Waals surface area contributed by atoms with Gasteiger partial charge in [-0.3, -0.25) is 0 Å². The van der Waals surface area contributed by atoms with E-state index in [1.54, 1.807) is 0 Å². The second-order valence-corrected chi connectivity index (χ2v) is 6.37. The van der Waals surface area contributed by atoms with Crippen molar-refractivity contribution in [2.45, 2.75) is 37.6 Å². The molecule has 2 aromatic rings. The number of piperazine rings is 1. The lowest BCUT2D eigenvalue weighted by Crippen LogP contribution is -2.62. The van der Waals surface area contributed by atoms with E-state index in [1.165, 1.54) is 42.9 Å². The first-order valence-corrected chi connectivity index (χ1v) is 8.08. The van der Waals surface area contributed by atoms with Gasteiger partial charge in [-0.1, -0.05) is 43.5 Å². The van der Waals surface area contributed by atoms with Gasteiger partial charge in [-0.25, -0.2) is 0 Å². The van der Waals surface area contributed by atoms with Crippen LogP contribution in [0.4, 0.5) is 5.82 Å². The summed E-state index contributed by atoms with van der Waals surface area (Å²) >= 11 is 0. The minimum Gasteiger partial charge on any atom is -0.346 e. The topological polar surface area (TPSA) is 41.0 Å². The van der Waals surface area contributed by atoms with E-state index in [9.17, 15) is 0 Å². The maximum Gasteiger partial charge on any atom is 0.159 e. The number of hydrogen-bond acceptors (Lipinski definition) is 4. The molecule has 2 aliphatic rings. The molecular weight excluding hydrogens is 260 g/mol. The van der Waals surface area contributed by atoms with Crippen molar-refractivity contribution >= 4 is 16.6 Å². The molecule has 1 saturated heterocycles. The fraction of sp³-hybridized carbons (Fsp3) is 0.529. The van der Waals surface area contributed by atoms with E-state index >= 15 is 0 Å². The Morgan fingerprint density at radius 3 is 2.86 bits per heavy atom. The van der Waals surface area contributed by atoms with Gasteiger partial charge in [-0.05, 0) is 12.8 Å². The van der Waals surface area contributed by atoms with Gasteiger partial charge >= 0.3 is 0 Å². The van der Waals surface area contributed by atoms with Gasteiger partial charge in [0.15, 0.2) is 5.82 Å². The molecule has 2 heterocycles. The Morgan fingerprint density at radius 1 is 1.10 bits per heavy atom. The summed E-state index contributed by atoms with van der Waals surface area (Å²) in [6.45, 7) is 3.15. The fourth-order valence-electron chi connectivity index (χ4n) is 4.04. The van der Waals surface area contributed by atoms with Gasteiger partial charge in [-0.15, -0.1) is 5.10 Å². The molecule has 1 saturated carbocycles. The fourth-order valence-corrected chi connectivity index (χ4v) is 4.04. The first-order chi connectivity index (χ1) is 10.4. The third-order valence-corrected chi connectivity index (χ3v) is 5.13. The first-order valence-electron chi connectivity index (χ1n) is 8.08. The largest absolute Gasteiger partial charge is 0.346 e. The van der Waals surface area contributed by atoms with Crippen LogP contribution >= 0.6 is 0 Å². The maximum atomic E-state index is 4.53. The Morgan fingerprint density at radius 2 is 1.95 bits per heavy atom. The number of aromatic nitrogens is 2. The molecule has 4 nitrogen and oxygen atoms in total. The second-order valence-electron chi connectivity index (χ2n) is 6.37. The predicted octanol–water partition coefficient (Wildman–Crippen LogP) is 2.74. The molecule has 1 aliphatic heterocycles. The number of fused-ring (bicyclic) bond motifs is 1. The van der Waals surface area contributed by atoms with Crippen molar-refractivity contribution in [1.82, 2.24) is 15.5 Å². The van der Waals surface area contributed by atoms with Crippen LogP contribution in [0.25, 0.3) is 10.8 Å². The van der Waals surface area contributed by atoms with Crippen molar-refractivity contribution in [2.24, 2.45) is 0 Å². The summed E-state index contributed by atoms with van der Waals surface area (Å²) in [6, 6.07) is 8.48. The summed E-state index contributed by atoms with van der Waals surface area (Å²) < 4.78 is 0. The lowest BCUT2D eigenvalue weighted by Gasteiger charge is -2.50. The van der Waals surface area contributed by atoms with Crippen molar-refractivity contribution in [3.8, 4) is 0 Å². The van der Waals surface area contributed by atoms with Crippen LogP contribution in [0, 0.1) is 0 Å².